The van der Waals surface area contributed by atoms with Gasteiger partial charge in [-0.05, 0) is 35.4 Å². The summed E-state index contributed by atoms with van der Waals surface area (Å²) >= 11 is 3.97. The average molecular weight is 403 g/mol. The van der Waals surface area contributed by atoms with Gasteiger partial charge >= 0.3 is 0 Å². The van der Waals surface area contributed by atoms with E-state index in [0.29, 0.717) is 11.1 Å². The van der Waals surface area contributed by atoms with Crippen LogP contribution >= 0.6 is 23.5 Å². The van der Waals surface area contributed by atoms with Crippen LogP contribution in [0.4, 0.5) is 5.69 Å². The molecule has 144 valence electrons. The molecule has 0 unspecified atom stereocenters. The molecule has 1 saturated heterocycles. The van der Waals surface area contributed by atoms with Gasteiger partial charge in [0.25, 0.3) is 5.91 Å². The van der Waals surface area contributed by atoms with E-state index in [1.165, 1.54) is 17.1 Å². The minimum atomic E-state index is -0.0299. The van der Waals surface area contributed by atoms with Crippen molar-refractivity contribution in [1.29, 1.82) is 0 Å². The number of carbonyl (C=O) groups is 1. The Hall–Kier alpha value is -1.79. The van der Waals surface area contributed by atoms with Gasteiger partial charge in [-0.15, -0.1) is 23.5 Å². The van der Waals surface area contributed by atoms with Crippen molar-refractivity contribution in [2.75, 3.05) is 44.2 Å². The van der Waals surface area contributed by atoms with Crippen LogP contribution in [0.15, 0.2) is 48.5 Å². The lowest BCUT2D eigenvalue weighted by Gasteiger charge is -2.19. The fourth-order valence-electron chi connectivity index (χ4n) is 2.79. The first-order valence-electron chi connectivity index (χ1n) is 8.99. The van der Waals surface area contributed by atoms with Gasteiger partial charge in [0.2, 0.25) is 0 Å². The molecule has 0 radical (unpaired) electrons. The highest BCUT2D eigenvalue weighted by Gasteiger charge is 2.18. The number of benzene rings is 2. The van der Waals surface area contributed by atoms with Crippen molar-refractivity contribution in [3.8, 4) is 5.75 Å². The molecule has 0 aliphatic carbocycles. The third-order valence-corrected chi connectivity index (χ3v) is 7.54. The molecular formula is C21H26N2O2S2. The lowest BCUT2D eigenvalue weighted by Crippen LogP contribution is -2.30. The molecule has 1 fully saturated rings. The summed E-state index contributed by atoms with van der Waals surface area (Å²) in [6.45, 7) is 0.628. The molecule has 2 aromatic rings. The Labute approximate surface area is 170 Å². The molecule has 0 spiro atoms. The molecule has 2 aromatic carbocycles. The second-order valence-corrected chi connectivity index (χ2v) is 9.47. The highest BCUT2D eigenvalue weighted by Crippen LogP contribution is 2.45. The van der Waals surface area contributed by atoms with Crippen molar-refractivity contribution in [2.45, 2.75) is 11.1 Å². The van der Waals surface area contributed by atoms with Gasteiger partial charge in [-0.1, -0.05) is 24.3 Å². The van der Waals surface area contributed by atoms with E-state index in [4.69, 9.17) is 4.74 Å². The summed E-state index contributed by atoms with van der Waals surface area (Å²) < 4.78 is 6.22. The maximum absolute atomic E-state index is 12.4. The van der Waals surface area contributed by atoms with Crippen LogP contribution in [0.1, 0.15) is 15.7 Å². The van der Waals surface area contributed by atoms with Gasteiger partial charge in [0.15, 0.2) is 6.61 Å². The van der Waals surface area contributed by atoms with Gasteiger partial charge in [-0.3, -0.25) is 4.79 Å². The number of ether oxygens (including phenoxy) is 1. The van der Waals surface area contributed by atoms with Crippen LogP contribution in [0.2, 0.25) is 0 Å². The Morgan fingerprint density at radius 3 is 2.22 bits per heavy atom. The van der Waals surface area contributed by atoms with Crippen LogP contribution in [-0.2, 0) is 11.3 Å². The molecule has 6 heteroatoms. The first-order valence-corrected chi connectivity index (χ1v) is 11.1. The first kappa shape index (κ1) is 20.0. The van der Waals surface area contributed by atoms with E-state index in [1.807, 2.05) is 56.8 Å². The molecule has 0 N–H and O–H groups in total. The van der Waals surface area contributed by atoms with Crippen LogP contribution in [0.5, 0.6) is 5.75 Å². The quantitative estimate of drug-likeness (QED) is 0.691. The van der Waals surface area contributed by atoms with Crippen LogP contribution < -0.4 is 9.64 Å². The predicted octanol–water partition coefficient (Wildman–Crippen LogP) is 4.27. The van der Waals surface area contributed by atoms with Crippen LogP contribution in [0.3, 0.4) is 0 Å². The monoisotopic (exact) mass is 402 g/mol. The maximum Gasteiger partial charge on any atom is 0.260 e. The highest BCUT2D eigenvalue weighted by atomic mass is 32.2. The Morgan fingerprint density at radius 2 is 1.63 bits per heavy atom. The molecule has 1 amide bonds. The van der Waals surface area contributed by atoms with Gasteiger partial charge in [-0.25, -0.2) is 0 Å². The SMILES string of the molecule is CN(Cc1ccc(N(C)C)cc1)C(=O)COc1ccc(C2SCCS2)cc1. The van der Waals surface area contributed by atoms with E-state index in [0.717, 1.165) is 17.0 Å². The van der Waals surface area contributed by atoms with Crippen molar-refractivity contribution in [3.63, 3.8) is 0 Å². The Bertz CT molecular complexity index is 742. The van der Waals surface area contributed by atoms with Crippen molar-refractivity contribution in [1.82, 2.24) is 4.90 Å². The predicted molar refractivity (Wildman–Crippen MR) is 117 cm³/mol. The van der Waals surface area contributed by atoms with E-state index in [2.05, 4.69) is 41.3 Å². The van der Waals surface area contributed by atoms with Crippen LogP contribution in [0.25, 0.3) is 0 Å². The number of nitrogens with zero attached hydrogens (tertiary/aromatic N) is 2. The van der Waals surface area contributed by atoms with Gasteiger partial charge < -0.3 is 14.5 Å². The minimum absolute atomic E-state index is 0.0299. The summed E-state index contributed by atoms with van der Waals surface area (Å²) in [7, 11) is 5.84. The van der Waals surface area contributed by atoms with Gasteiger partial charge in [-0.2, -0.15) is 0 Å². The summed E-state index contributed by atoms with van der Waals surface area (Å²) in [5.41, 5.74) is 3.57. The third-order valence-electron chi connectivity index (χ3n) is 4.43. The summed E-state index contributed by atoms with van der Waals surface area (Å²) in [5.74, 6) is 3.14. The number of anilines is 1. The van der Waals surface area contributed by atoms with E-state index in [9.17, 15) is 4.79 Å². The van der Waals surface area contributed by atoms with Crippen molar-refractivity contribution >= 4 is 35.1 Å². The number of hydrogen-bond acceptors (Lipinski definition) is 5. The highest BCUT2D eigenvalue weighted by molar-refractivity contribution is 8.19. The number of amides is 1. The Kier molecular flexibility index (Phi) is 6.96. The lowest BCUT2D eigenvalue weighted by atomic mass is 10.2. The number of carbonyl (C=O) groups excluding carboxylic acids is 1. The minimum Gasteiger partial charge on any atom is -0.484 e. The van der Waals surface area contributed by atoms with Gasteiger partial charge in [0, 0.05) is 44.9 Å². The standard InChI is InChI=1S/C21H26N2O2S2/c1-22(2)18-8-4-16(5-9-18)14-23(3)20(24)15-25-19-10-6-17(7-11-19)21-26-12-13-27-21/h4-11,21H,12-15H2,1-3H3. The lowest BCUT2D eigenvalue weighted by molar-refractivity contribution is -0.132. The molecule has 1 aliphatic heterocycles. The summed E-state index contributed by atoms with van der Waals surface area (Å²) in [5, 5.41) is 0. The summed E-state index contributed by atoms with van der Waals surface area (Å²) in [6, 6.07) is 16.4. The largest absolute Gasteiger partial charge is 0.484 e. The molecule has 0 aromatic heterocycles. The molecule has 0 saturated carbocycles. The number of hydrogen-bond donors (Lipinski definition) is 0. The van der Waals surface area contributed by atoms with E-state index < -0.39 is 0 Å². The molecule has 27 heavy (non-hydrogen) atoms. The molecule has 0 bridgehead atoms. The van der Waals surface area contributed by atoms with Crippen molar-refractivity contribution in [2.24, 2.45) is 0 Å². The number of likely N-dealkylation sites (N-methyl/N-ethyl adjacent to an activating group) is 1. The van der Waals surface area contributed by atoms with E-state index >= 15 is 0 Å². The zero-order valence-electron chi connectivity index (χ0n) is 16.1. The fraction of sp³-hybridized carbons (Fsp3) is 0.381. The molecule has 4 nitrogen and oxygen atoms in total. The average Bonchev–Trinajstić information content (AvgIpc) is 3.21. The van der Waals surface area contributed by atoms with Crippen LogP contribution in [-0.4, -0.2) is 50.1 Å². The fourth-order valence-corrected chi connectivity index (χ4v) is 5.65. The third kappa shape index (κ3) is 5.59. The topological polar surface area (TPSA) is 32.8 Å². The smallest absolute Gasteiger partial charge is 0.260 e. The van der Waals surface area contributed by atoms with E-state index in [1.54, 1.807) is 4.90 Å². The first-order chi connectivity index (χ1) is 13.0. The molecule has 0 atom stereocenters. The second kappa shape index (κ2) is 9.42. The maximum atomic E-state index is 12.4. The second-order valence-electron chi connectivity index (χ2n) is 6.74. The van der Waals surface area contributed by atoms with Gasteiger partial charge in [0.1, 0.15) is 5.75 Å². The van der Waals surface area contributed by atoms with Gasteiger partial charge in [0.05, 0.1) is 4.58 Å². The molecule has 3 rings (SSSR count). The Balaban J connectivity index is 1.47. The van der Waals surface area contributed by atoms with Crippen molar-refractivity contribution in [3.05, 3.63) is 59.7 Å². The zero-order chi connectivity index (χ0) is 19.2. The molecular weight excluding hydrogens is 376 g/mol. The van der Waals surface area contributed by atoms with Crippen molar-refractivity contribution < 1.29 is 9.53 Å². The summed E-state index contributed by atoms with van der Waals surface area (Å²) in [6.07, 6.45) is 0. The molecule has 1 heterocycles. The normalized spacial score (nSPS) is 14.2. The number of rotatable bonds is 7. The number of thioether (sulfide) groups is 2. The molecule has 1 aliphatic rings. The summed E-state index contributed by atoms with van der Waals surface area (Å²) in [4.78, 5) is 16.1. The Morgan fingerprint density at radius 1 is 1.00 bits per heavy atom. The van der Waals surface area contributed by atoms with E-state index in [-0.39, 0.29) is 12.5 Å². The van der Waals surface area contributed by atoms with Crippen LogP contribution in [0, 0.1) is 0 Å². The zero-order valence-corrected chi connectivity index (χ0v) is 17.7.